The van der Waals surface area contributed by atoms with Gasteiger partial charge in [0.15, 0.2) is 0 Å². The number of pyridine rings is 1. The summed E-state index contributed by atoms with van der Waals surface area (Å²) in [4.78, 5) is 16.1. The highest BCUT2D eigenvalue weighted by Crippen LogP contribution is 2.20. The first-order valence-corrected chi connectivity index (χ1v) is 6.93. The van der Waals surface area contributed by atoms with E-state index in [2.05, 4.69) is 15.6 Å². The number of carbonyl (C=O) groups excluding carboxylic acids is 1. The number of nitrogens with two attached hydrogens (primary N) is 1. The normalized spacial score (nSPS) is 10.6. The zero-order chi connectivity index (χ0) is 15.5. The molecule has 2 aromatic heterocycles. The Kier molecular flexibility index (Phi) is 3.76. The van der Waals surface area contributed by atoms with E-state index in [-0.39, 0.29) is 6.03 Å². The number of urea groups is 1. The van der Waals surface area contributed by atoms with Gasteiger partial charge < -0.3 is 20.9 Å². The third kappa shape index (κ3) is 2.91. The molecule has 1 aromatic carbocycles. The largest absolute Gasteiger partial charge is 0.351 e. The Morgan fingerprint density at radius 1 is 1.18 bits per heavy atom. The van der Waals surface area contributed by atoms with Gasteiger partial charge in [-0.1, -0.05) is 0 Å². The second kappa shape index (κ2) is 5.87. The number of aryl methyl sites for hydroxylation is 1. The number of aromatic nitrogens is 2. The molecule has 0 spiro atoms. The van der Waals surface area contributed by atoms with Gasteiger partial charge in [-0.15, -0.1) is 0 Å². The molecule has 0 aliphatic carbocycles. The van der Waals surface area contributed by atoms with Gasteiger partial charge in [0.05, 0.1) is 11.9 Å². The minimum Gasteiger partial charge on any atom is -0.351 e. The van der Waals surface area contributed by atoms with E-state index in [1.54, 1.807) is 18.5 Å². The second-order valence-corrected chi connectivity index (χ2v) is 5.07. The van der Waals surface area contributed by atoms with Gasteiger partial charge in [0.25, 0.3) is 0 Å². The van der Waals surface area contributed by atoms with Gasteiger partial charge >= 0.3 is 6.03 Å². The molecule has 3 rings (SSSR count). The molecule has 0 bridgehead atoms. The Labute approximate surface area is 128 Å². The van der Waals surface area contributed by atoms with E-state index in [0.717, 1.165) is 22.2 Å². The predicted molar refractivity (Wildman–Crippen MR) is 87.7 cm³/mol. The molecule has 0 fully saturated rings. The van der Waals surface area contributed by atoms with Gasteiger partial charge in [-0.25, -0.2) is 4.79 Å². The van der Waals surface area contributed by atoms with Crippen molar-refractivity contribution in [2.75, 3.05) is 10.6 Å². The number of rotatable bonds is 3. The summed E-state index contributed by atoms with van der Waals surface area (Å²) in [5, 5.41) is 6.63. The highest BCUT2D eigenvalue weighted by Gasteiger charge is 2.05. The van der Waals surface area contributed by atoms with Crippen molar-refractivity contribution < 1.29 is 4.79 Å². The lowest BCUT2D eigenvalue weighted by Gasteiger charge is -2.08. The van der Waals surface area contributed by atoms with Crippen molar-refractivity contribution in [3.8, 4) is 0 Å². The van der Waals surface area contributed by atoms with Crippen molar-refractivity contribution >= 4 is 28.3 Å². The molecule has 6 heteroatoms. The van der Waals surface area contributed by atoms with Crippen molar-refractivity contribution in [1.29, 1.82) is 0 Å². The van der Waals surface area contributed by atoms with Crippen molar-refractivity contribution in [3.05, 3.63) is 54.5 Å². The van der Waals surface area contributed by atoms with E-state index in [4.69, 9.17) is 5.73 Å². The summed E-state index contributed by atoms with van der Waals surface area (Å²) in [7, 11) is 1.99. The molecule has 0 saturated heterocycles. The van der Waals surface area contributed by atoms with E-state index in [1.807, 2.05) is 42.1 Å². The number of anilines is 2. The Morgan fingerprint density at radius 2 is 2.00 bits per heavy atom. The monoisotopic (exact) mass is 295 g/mol. The zero-order valence-corrected chi connectivity index (χ0v) is 12.2. The lowest BCUT2D eigenvalue weighted by molar-refractivity contribution is 0.262. The summed E-state index contributed by atoms with van der Waals surface area (Å²) in [6, 6.07) is 9.27. The Hall–Kier alpha value is -2.86. The van der Waals surface area contributed by atoms with Crippen molar-refractivity contribution in [2.24, 2.45) is 12.8 Å². The van der Waals surface area contributed by atoms with Gasteiger partial charge in [-0.3, -0.25) is 4.98 Å². The number of fused-ring (bicyclic) bond motifs is 1. The quantitative estimate of drug-likeness (QED) is 0.694. The molecule has 2 amide bonds. The number of nitrogens with zero attached hydrogens (tertiary/aromatic N) is 2. The third-order valence-corrected chi connectivity index (χ3v) is 3.43. The fourth-order valence-corrected chi connectivity index (χ4v) is 2.32. The van der Waals surface area contributed by atoms with E-state index < -0.39 is 0 Å². The third-order valence-electron chi connectivity index (χ3n) is 3.43. The van der Waals surface area contributed by atoms with E-state index in [0.29, 0.717) is 12.2 Å². The average Bonchev–Trinajstić information content (AvgIpc) is 2.88. The van der Waals surface area contributed by atoms with Crippen LogP contribution < -0.4 is 16.4 Å². The molecule has 0 radical (unpaired) electrons. The highest BCUT2D eigenvalue weighted by atomic mass is 16.2. The number of benzene rings is 1. The maximum atomic E-state index is 12.0. The Morgan fingerprint density at radius 3 is 2.82 bits per heavy atom. The van der Waals surface area contributed by atoms with Crippen molar-refractivity contribution in [2.45, 2.75) is 6.54 Å². The van der Waals surface area contributed by atoms with Crippen LogP contribution in [0.2, 0.25) is 0 Å². The SMILES string of the molecule is Cn1ccc2cc(NC(=O)Nc3cncc(CN)c3)ccc21. The summed E-state index contributed by atoms with van der Waals surface area (Å²) in [6.07, 6.45) is 5.24. The molecule has 0 aliphatic rings. The molecule has 0 atom stereocenters. The van der Waals surface area contributed by atoms with E-state index >= 15 is 0 Å². The van der Waals surface area contributed by atoms with Crippen LogP contribution in [-0.2, 0) is 13.6 Å². The average molecular weight is 295 g/mol. The van der Waals surface area contributed by atoms with Crippen molar-refractivity contribution in [1.82, 2.24) is 9.55 Å². The number of amides is 2. The summed E-state index contributed by atoms with van der Waals surface area (Å²) < 4.78 is 2.03. The second-order valence-electron chi connectivity index (χ2n) is 5.07. The molecular weight excluding hydrogens is 278 g/mol. The molecule has 2 heterocycles. The fraction of sp³-hybridized carbons (Fsp3) is 0.125. The van der Waals surface area contributed by atoms with Gasteiger partial charge in [0, 0.05) is 42.6 Å². The molecule has 6 nitrogen and oxygen atoms in total. The summed E-state index contributed by atoms with van der Waals surface area (Å²) >= 11 is 0. The molecule has 112 valence electrons. The Balaban J connectivity index is 1.72. The van der Waals surface area contributed by atoms with Crippen LogP contribution in [0.3, 0.4) is 0 Å². The zero-order valence-electron chi connectivity index (χ0n) is 12.2. The maximum absolute atomic E-state index is 12.0. The predicted octanol–water partition coefficient (Wildman–Crippen LogP) is 2.68. The number of hydrogen-bond acceptors (Lipinski definition) is 3. The van der Waals surface area contributed by atoms with Crippen LogP contribution >= 0.6 is 0 Å². The fourth-order valence-electron chi connectivity index (χ4n) is 2.32. The van der Waals surface area contributed by atoms with Gasteiger partial charge in [-0.05, 0) is 35.9 Å². The van der Waals surface area contributed by atoms with Crippen LogP contribution in [0.25, 0.3) is 10.9 Å². The molecular formula is C16H17N5O. The van der Waals surface area contributed by atoms with Crippen LogP contribution in [0.4, 0.5) is 16.2 Å². The van der Waals surface area contributed by atoms with E-state index in [9.17, 15) is 4.79 Å². The van der Waals surface area contributed by atoms with Crippen LogP contribution in [0, 0.1) is 0 Å². The Bertz CT molecular complexity index is 824. The smallest absolute Gasteiger partial charge is 0.323 e. The van der Waals surface area contributed by atoms with Crippen LogP contribution in [0.5, 0.6) is 0 Å². The molecule has 4 N–H and O–H groups in total. The minimum atomic E-state index is -0.314. The van der Waals surface area contributed by atoms with Crippen molar-refractivity contribution in [3.63, 3.8) is 0 Å². The standard InChI is InChI=1S/C16H17N5O/c1-21-5-4-12-7-13(2-3-15(12)21)19-16(22)20-14-6-11(8-17)9-18-10-14/h2-7,9-10H,8,17H2,1H3,(H2,19,20,22). The minimum absolute atomic E-state index is 0.314. The van der Waals surface area contributed by atoms with Crippen LogP contribution in [0.15, 0.2) is 48.9 Å². The molecule has 22 heavy (non-hydrogen) atoms. The summed E-state index contributed by atoms with van der Waals surface area (Å²) in [5.41, 5.74) is 8.89. The lowest BCUT2D eigenvalue weighted by Crippen LogP contribution is -2.19. The first kappa shape index (κ1) is 14.1. The number of nitrogens with one attached hydrogen (secondary N) is 2. The van der Waals surface area contributed by atoms with Gasteiger partial charge in [-0.2, -0.15) is 0 Å². The molecule has 0 saturated carbocycles. The summed E-state index contributed by atoms with van der Waals surface area (Å²) in [6.45, 7) is 0.384. The number of hydrogen-bond donors (Lipinski definition) is 3. The molecule has 0 aliphatic heterocycles. The lowest BCUT2D eigenvalue weighted by atomic mass is 10.2. The first-order chi connectivity index (χ1) is 10.7. The topological polar surface area (TPSA) is 85.0 Å². The molecule has 0 unspecified atom stereocenters. The molecule has 3 aromatic rings. The summed E-state index contributed by atoms with van der Waals surface area (Å²) in [5.74, 6) is 0. The first-order valence-electron chi connectivity index (χ1n) is 6.93. The van der Waals surface area contributed by atoms with Crippen LogP contribution in [0.1, 0.15) is 5.56 Å². The van der Waals surface area contributed by atoms with Gasteiger partial charge in [0.1, 0.15) is 0 Å². The highest BCUT2D eigenvalue weighted by molar-refractivity contribution is 6.00. The van der Waals surface area contributed by atoms with Crippen LogP contribution in [-0.4, -0.2) is 15.6 Å². The van der Waals surface area contributed by atoms with Gasteiger partial charge in [0.2, 0.25) is 0 Å². The van der Waals surface area contributed by atoms with E-state index in [1.165, 1.54) is 0 Å². The maximum Gasteiger partial charge on any atom is 0.323 e. The number of carbonyl (C=O) groups is 1.